The molecule has 0 saturated heterocycles. The lowest BCUT2D eigenvalue weighted by molar-refractivity contribution is 0.0514. The second-order valence-corrected chi connectivity index (χ2v) is 5.18. The van der Waals surface area contributed by atoms with Gasteiger partial charge in [-0.15, -0.1) is 0 Å². The summed E-state index contributed by atoms with van der Waals surface area (Å²) in [6, 6.07) is 0. The zero-order valence-electron chi connectivity index (χ0n) is 13.7. The van der Waals surface area contributed by atoms with E-state index in [4.69, 9.17) is 4.74 Å². The summed E-state index contributed by atoms with van der Waals surface area (Å²) >= 11 is 0. The highest BCUT2D eigenvalue weighted by Crippen LogP contribution is 2.21. The zero-order valence-corrected chi connectivity index (χ0v) is 13.7. The summed E-state index contributed by atoms with van der Waals surface area (Å²) in [5.41, 5.74) is 2.50. The van der Waals surface area contributed by atoms with Crippen molar-refractivity contribution >= 4 is 11.9 Å². The van der Waals surface area contributed by atoms with E-state index >= 15 is 0 Å². The second-order valence-electron chi connectivity index (χ2n) is 5.18. The first kappa shape index (κ1) is 17.3. The number of ether oxygens (including phenoxy) is 1. The molecule has 1 N–H and O–H groups in total. The summed E-state index contributed by atoms with van der Waals surface area (Å²) < 4.78 is 6.79. The number of esters is 1. The van der Waals surface area contributed by atoms with Crippen LogP contribution in [-0.2, 0) is 11.8 Å². The molecule has 1 aromatic rings. The molecule has 1 amide bonds. The van der Waals surface area contributed by atoms with Crippen LogP contribution in [0.25, 0.3) is 0 Å². The molecule has 118 valence electrons. The fourth-order valence-electron chi connectivity index (χ4n) is 2.47. The zero-order chi connectivity index (χ0) is 16.0. The Kier molecular flexibility index (Phi) is 6.46. The maximum atomic E-state index is 12.3. The number of hydrogen-bond acceptors (Lipinski definition) is 3. The molecule has 1 heterocycles. The summed E-state index contributed by atoms with van der Waals surface area (Å²) in [5, 5.41) is 2.92. The summed E-state index contributed by atoms with van der Waals surface area (Å²) in [7, 11) is 1.78. The molecule has 0 radical (unpaired) electrons. The van der Waals surface area contributed by atoms with Crippen LogP contribution in [0.4, 0.5) is 0 Å². The highest BCUT2D eigenvalue weighted by atomic mass is 16.5. The minimum Gasteiger partial charge on any atom is -0.461 e. The Hall–Kier alpha value is -1.78. The van der Waals surface area contributed by atoms with E-state index in [1.807, 2.05) is 6.92 Å². The molecule has 0 aliphatic carbocycles. The van der Waals surface area contributed by atoms with Crippen LogP contribution in [0.15, 0.2) is 0 Å². The van der Waals surface area contributed by atoms with Gasteiger partial charge < -0.3 is 14.6 Å². The smallest absolute Gasteiger partial charge is 0.355 e. The van der Waals surface area contributed by atoms with E-state index in [1.165, 1.54) is 0 Å². The number of rotatable bonds is 7. The van der Waals surface area contributed by atoms with E-state index in [9.17, 15) is 9.59 Å². The van der Waals surface area contributed by atoms with Crippen molar-refractivity contribution in [1.29, 1.82) is 0 Å². The number of hydrogen-bond donors (Lipinski definition) is 1. The largest absolute Gasteiger partial charge is 0.461 e. The number of aromatic nitrogens is 1. The molecular formula is C16H26N2O3. The van der Waals surface area contributed by atoms with E-state index in [0.717, 1.165) is 25.0 Å². The molecule has 0 unspecified atom stereocenters. The van der Waals surface area contributed by atoms with Crippen molar-refractivity contribution in [2.45, 2.75) is 47.0 Å². The van der Waals surface area contributed by atoms with Crippen LogP contribution in [0.3, 0.4) is 0 Å². The average molecular weight is 294 g/mol. The Morgan fingerprint density at radius 3 is 2.43 bits per heavy atom. The fraction of sp³-hybridized carbons (Fsp3) is 0.625. The molecule has 0 spiro atoms. The predicted octanol–water partition coefficient (Wildman–Crippen LogP) is 2.74. The van der Waals surface area contributed by atoms with Crippen molar-refractivity contribution < 1.29 is 14.3 Å². The van der Waals surface area contributed by atoms with Crippen molar-refractivity contribution in [3.63, 3.8) is 0 Å². The van der Waals surface area contributed by atoms with E-state index < -0.39 is 0 Å². The molecule has 0 aromatic carbocycles. The first-order valence-corrected chi connectivity index (χ1v) is 7.56. The van der Waals surface area contributed by atoms with E-state index in [0.29, 0.717) is 30.0 Å². The molecule has 0 aliphatic heterocycles. The Morgan fingerprint density at radius 1 is 1.19 bits per heavy atom. The second kappa shape index (κ2) is 7.86. The van der Waals surface area contributed by atoms with Crippen LogP contribution >= 0.6 is 0 Å². The SMILES string of the molecule is CCCCCNC(=O)c1c(C)c(C(=O)OCC)n(C)c1C. The van der Waals surface area contributed by atoms with Crippen LogP contribution < -0.4 is 5.32 Å². The number of unbranched alkanes of at least 4 members (excludes halogenated alkanes) is 2. The maximum Gasteiger partial charge on any atom is 0.355 e. The Bertz CT molecular complexity index is 518. The van der Waals surface area contributed by atoms with Gasteiger partial charge in [0, 0.05) is 19.3 Å². The van der Waals surface area contributed by atoms with Gasteiger partial charge in [0.05, 0.1) is 12.2 Å². The molecule has 5 heteroatoms. The molecule has 1 aromatic heterocycles. The molecule has 21 heavy (non-hydrogen) atoms. The highest BCUT2D eigenvalue weighted by Gasteiger charge is 2.25. The third-order valence-corrected chi connectivity index (χ3v) is 3.69. The third-order valence-electron chi connectivity index (χ3n) is 3.69. The van der Waals surface area contributed by atoms with Crippen LogP contribution in [-0.4, -0.2) is 29.6 Å². The van der Waals surface area contributed by atoms with Crippen molar-refractivity contribution in [3.8, 4) is 0 Å². The number of nitrogens with one attached hydrogen (secondary N) is 1. The van der Waals surface area contributed by atoms with Crippen molar-refractivity contribution in [2.75, 3.05) is 13.2 Å². The van der Waals surface area contributed by atoms with Crippen molar-refractivity contribution in [1.82, 2.24) is 9.88 Å². The first-order valence-electron chi connectivity index (χ1n) is 7.56. The Morgan fingerprint density at radius 2 is 1.86 bits per heavy atom. The van der Waals surface area contributed by atoms with E-state index in [1.54, 1.807) is 25.5 Å². The van der Waals surface area contributed by atoms with E-state index in [-0.39, 0.29) is 11.9 Å². The Balaban J connectivity index is 2.95. The molecule has 0 bridgehead atoms. The lowest BCUT2D eigenvalue weighted by Crippen LogP contribution is -2.25. The molecule has 5 nitrogen and oxygen atoms in total. The minimum absolute atomic E-state index is 0.118. The molecule has 0 aliphatic rings. The van der Waals surface area contributed by atoms with E-state index in [2.05, 4.69) is 12.2 Å². The van der Waals surface area contributed by atoms with Gasteiger partial charge in [0.15, 0.2) is 0 Å². The maximum absolute atomic E-state index is 12.3. The van der Waals surface area contributed by atoms with Gasteiger partial charge >= 0.3 is 5.97 Å². The number of carbonyl (C=O) groups is 2. The minimum atomic E-state index is -0.384. The van der Waals surface area contributed by atoms with Gasteiger partial charge in [-0.3, -0.25) is 4.79 Å². The normalized spacial score (nSPS) is 10.5. The average Bonchev–Trinajstić information content (AvgIpc) is 2.65. The molecule has 0 atom stereocenters. The van der Waals surface area contributed by atoms with Gasteiger partial charge in [-0.1, -0.05) is 19.8 Å². The monoisotopic (exact) mass is 294 g/mol. The molecule has 1 rings (SSSR count). The first-order chi connectivity index (χ1) is 9.95. The fourth-order valence-corrected chi connectivity index (χ4v) is 2.47. The van der Waals surface area contributed by atoms with Crippen LogP contribution in [0, 0.1) is 13.8 Å². The molecular weight excluding hydrogens is 268 g/mol. The lowest BCUT2D eigenvalue weighted by Gasteiger charge is -2.05. The third kappa shape index (κ3) is 3.86. The van der Waals surface area contributed by atoms with Gasteiger partial charge in [-0.25, -0.2) is 4.79 Å². The quantitative estimate of drug-likeness (QED) is 0.621. The lowest BCUT2D eigenvalue weighted by atomic mass is 10.1. The van der Waals surface area contributed by atoms with Crippen LogP contribution in [0.2, 0.25) is 0 Å². The summed E-state index contributed by atoms with van der Waals surface area (Å²) in [6.45, 7) is 8.51. The number of amides is 1. The summed E-state index contributed by atoms with van der Waals surface area (Å²) in [6.07, 6.45) is 3.19. The van der Waals surface area contributed by atoms with Gasteiger partial charge in [0.2, 0.25) is 0 Å². The number of nitrogens with zero attached hydrogens (tertiary/aromatic N) is 1. The summed E-state index contributed by atoms with van der Waals surface area (Å²) in [4.78, 5) is 24.3. The van der Waals surface area contributed by atoms with Crippen LogP contribution in [0.1, 0.15) is 65.2 Å². The predicted molar refractivity (Wildman–Crippen MR) is 82.7 cm³/mol. The van der Waals surface area contributed by atoms with Crippen LogP contribution in [0.5, 0.6) is 0 Å². The topological polar surface area (TPSA) is 60.3 Å². The van der Waals surface area contributed by atoms with Gasteiger partial charge in [-0.2, -0.15) is 0 Å². The van der Waals surface area contributed by atoms with Gasteiger partial charge in [0.25, 0.3) is 5.91 Å². The van der Waals surface area contributed by atoms with Gasteiger partial charge in [-0.05, 0) is 32.8 Å². The standard InChI is InChI=1S/C16H26N2O3/c1-6-8-9-10-17-15(19)13-11(3)14(16(20)21-7-2)18(5)12(13)4/h6-10H2,1-5H3,(H,17,19). The summed E-state index contributed by atoms with van der Waals surface area (Å²) in [5.74, 6) is -0.502. The molecule has 0 saturated carbocycles. The number of carbonyl (C=O) groups excluding carboxylic acids is 2. The Labute approximate surface area is 126 Å². The van der Waals surface area contributed by atoms with Gasteiger partial charge in [0.1, 0.15) is 5.69 Å². The highest BCUT2D eigenvalue weighted by molar-refractivity contribution is 6.01. The van der Waals surface area contributed by atoms with Crippen molar-refractivity contribution in [2.24, 2.45) is 7.05 Å². The van der Waals surface area contributed by atoms with Crippen molar-refractivity contribution in [3.05, 3.63) is 22.5 Å². The molecule has 0 fully saturated rings.